The Kier molecular flexibility index (Phi) is 8.44. The molecule has 6 rings (SSSR count). The Balaban J connectivity index is 1.13. The van der Waals surface area contributed by atoms with Gasteiger partial charge in [0.25, 0.3) is 5.56 Å². The maximum Gasteiger partial charge on any atom is 0.416 e. The first-order chi connectivity index (χ1) is 19.7. The highest BCUT2D eigenvalue weighted by atomic mass is 32.2. The molecule has 2 saturated heterocycles. The summed E-state index contributed by atoms with van der Waals surface area (Å²) in [6, 6.07) is 6.19. The zero-order valence-electron chi connectivity index (χ0n) is 22.9. The number of alkyl halides is 3. The van der Waals surface area contributed by atoms with E-state index in [0.717, 1.165) is 70.2 Å². The van der Waals surface area contributed by atoms with E-state index in [0.29, 0.717) is 23.9 Å². The lowest BCUT2D eigenvalue weighted by atomic mass is 10.1. The molecule has 222 valence electrons. The second-order valence-corrected chi connectivity index (χ2v) is 13.0. The Morgan fingerprint density at radius 1 is 1.15 bits per heavy atom. The van der Waals surface area contributed by atoms with E-state index in [2.05, 4.69) is 21.3 Å². The maximum atomic E-state index is 13.3. The van der Waals surface area contributed by atoms with Crippen LogP contribution in [0.15, 0.2) is 35.3 Å². The van der Waals surface area contributed by atoms with Crippen LogP contribution in [0.3, 0.4) is 0 Å². The number of nitrogens with one attached hydrogen (secondary N) is 1. The Labute approximate surface area is 241 Å². The lowest BCUT2D eigenvalue weighted by Crippen LogP contribution is -2.48. The monoisotopic (exact) mass is 591 g/mol. The third-order valence-corrected chi connectivity index (χ3v) is 10.4. The third kappa shape index (κ3) is 6.50. The van der Waals surface area contributed by atoms with Crippen molar-refractivity contribution in [1.29, 1.82) is 0 Å². The number of likely N-dealkylation sites (tertiary alicyclic amines) is 1. The van der Waals surface area contributed by atoms with E-state index in [4.69, 9.17) is 4.74 Å². The van der Waals surface area contributed by atoms with E-state index in [1.807, 2.05) is 28.9 Å². The van der Waals surface area contributed by atoms with Gasteiger partial charge in [-0.25, -0.2) is 0 Å². The van der Waals surface area contributed by atoms with Crippen molar-refractivity contribution in [2.24, 2.45) is 0 Å². The summed E-state index contributed by atoms with van der Waals surface area (Å²) in [6.07, 6.45) is 2.42. The molecular weight excluding hydrogens is 555 g/mol. The van der Waals surface area contributed by atoms with Crippen LogP contribution in [0.4, 0.5) is 13.2 Å². The van der Waals surface area contributed by atoms with Gasteiger partial charge in [0.2, 0.25) is 5.91 Å². The minimum absolute atomic E-state index is 0.0408. The van der Waals surface area contributed by atoms with E-state index in [1.165, 1.54) is 10.1 Å². The molecule has 8 nitrogen and oxygen atoms in total. The number of hydrogen-bond acceptors (Lipinski definition) is 7. The standard InChI is InChI=1S/C29H36F3N5O3S/c30-29(31,32)20-13-22-15-35(9-10-37(22)27(39)14-20)18-26(38)34-23-16-36(21-4-2-11-40-12-7-21)17-25(23)41-24-6-5-19-3-1-8-33-28(19)24/h1,3,8,13-14,21,23-25H,2,4-7,9-12,15-18H2,(H,34,38)/t21?,23?,24?,25-/m0/s1. The van der Waals surface area contributed by atoms with Gasteiger partial charge >= 0.3 is 6.18 Å². The molecule has 0 aromatic carbocycles. The second-order valence-electron chi connectivity index (χ2n) is 11.5. The lowest BCUT2D eigenvalue weighted by molar-refractivity contribution is -0.138. The molecule has 12 heteroatoms. The summed E-state index contributed by atoms with van der Waals surface area (Å²) in [5.41, 5.74) is 1.14. The van der Waals surface area contributed by atoms with Crippen LogP contribution in [0.25, 0.3) is 0 Å². The predicted molar refractivity (Wildman–Crippen MR) is 150 cm³/mol. The third-order valence-electron chi connectivity index (χ3n) is 8.76. The van der Waals surface area contributed by atoms with Crippen LogP contribution in [0.5, 0.6) is 0 Å². The van der Waals surface area contributed by atoms with E-state index in [-0.39, 0.29) is 42.5 Å². The van der Waals surface area contributed by atoms with Crippen LogP contribution < -0.4 is 10.9 Å². The lowest BCUT2D eigenvalue weighted by Gasteiger charge is -2.30. The number of thioether (sulfide) groups is 1. The van der Waals surface area contributed by atoms with Gasteiger partial charge in [0.05, 0.1) is 23.8 Å². The normalized spacial score (nSPS) is 27.3. The van der Waals surface area contributed by atoms with Crippen LogP contribution in [0.2, 0.25) is 0 Å². The molecule has 0 radical (unpaired) electrons. The van der Waals surface area contributed by atoms with Gasteiger partial charge in [-0.15, -0.1) is 11.8 Å². The fraction of sp³-hybridized carbons (Fsp3) is 0.621. The first-order valence-electron chi connectivity index (χ1n) is 14.5. The number of aryl methyl sites for hydroxylation is 1. The summed E-state index contributed by atoms with van der Waals surface area (Å²) in [4.78, 5) is 34.6. The van der Waals surface area contributed by atoms with E-state index < -0.39 is 17.3 Å². The summed E-state index contributed by atoms with van der Waals surface area (Å²) in [5.74, 6) is -0.139. The zero-order chi connectivity index (χ0) is 28.6. The van der Waals surface area contributed by atoms with Gasteiger partial charge < -0.3 is 14.6 Å². The number of halogens is 3. The molecule has 0 bridgehead atoms. The molecule has 2 fully saturated rings. The predicted octanol–water partition coefficient (Wildman–Crippen LogP) is 3.24. The molecule has 0 saturated carbocycles. The number of fused-ring (bicyclic) bond motifs is 2. The van der Waals surface area contributed by atoms with Crippen molar-refractivity contribution in [3.8, 4) is 0 Å². The van der Waals surface area contributed by atoms with Crippen molar-refractivity contribution in [3.63, 3.8) is 0 Å². The molecule has 1 N–H and O–H groups in total. The number of carbonyl (C=O) groups excluding carboxylic acids is 1. The molecule has 41 heavy (non-hydrogen) atoms. The summed E-state index contributed by atoms with van der Waals surface area (Å²) >= 11 is 1.91. The van der Waals surface area contributed by atoms with Crippen molar-refractivity contribution in [1.82, 2.24) is 24.7 Å². The Bertz CT molecular complexity index is 1310. The number of hydrogen-bond donors (Lipinski definition) is 1. The van der Waals surface area contributed by atoms with Gasteiger partial charge in [-0.1, -0.05) is 6.07 Å². The summed E-state index contributed by atoms with van der Waals surface area (Å²) in [6.45, 7) is 4.08. The number of rotatable bonds is 6. The number of nitrogens with zero attached hydrogens (tertiary/aromatic N) is 4. The average Bonchev–Trinajstić information content (AvgIpc) is 3.41. The Morgan fingerprint density at radius 2 is 2.02 bits per heavy atom. The molecule has 3 unspecified atom stereocenters. The van der Waals surface area contributed by atoms with Crippen molar-refractivity contribution in [3.05, 3.63) is 63.3 Å². The van der Waals surface area contributed by atoms with Gasteiger partial charge in [0, 0.05) is 80.4 Å². The molecule has 3 aliphatic heterocycles. The van der Waals surface area contributed by atoms with Crippen molar-refractivity contribution in [2.45, 2.75) is 74.0 Å². The topological polar surface area (TPSA) is 79.7 Å². The molecule has 1 amide bonds. The molecule has 5 heterocycles. The second kappa shape index (κ2) is 12.1. The van der Waals surface area contributed by atoms with E-state index in [9.17, 15) is 22.8 Å². The van der Waals surface area contributed by atoms with Crippen LogP contribution in [-0.4, -0.2) is 82.0 Å². The number of ether oxygens (including phenoxy) is 1. The largest absolute Gasteiger partial charge is 0.416 e. The first-order valence-corrected chi connectivity index (χ1v) is 15.4. The van der Waals surface area contributed by atoms with Gasteiger partial charge in [0.1, 0.15) is 0 Å². The van der Waals surface area contributed by atoms with E-state index >= 15 is 0 Å². The Hall–Kier alpha value is -2.41. The molecule has 4 aliphatic rings. The highest BCUT2D eigenvalue weighted by Crippen LogP contribution is 2.44. The van der Waals surface area contributed by atoms with Crippen molar-refractivity contribution < 1.29 is 22.7 Å². The molecule has 2 aromatic heterocycles. The average molecular weight is 592 g/mol. The summed E-state index contributed by atoms with van der Waals surface area (Å²) in [7, 11) is 0. The van der Waals surface area contributed by atoms with Gasteiger partial charge in [0.15, 0.2) is 0 Å². The van der Waals surface area contributed by atoms with Crippen molar-refractivity contribution in [2.75, 3.05) is 39.4 Å². The number of pyridine rings is 2. The Morgan fingerprint density at radius 3 is 2.88 bits per heavy atom. The summed E-state index contributed by atoms with van der Waals surface area (Å²) < 4.78 is 46.9. The smallest absolute Gasteiger partial charge is 0.381 e. The minimum atomic E-state index is -4.59. The fourth-order valence-electron chi connectivity index (χ4n) is 6.69. The molecule has 2 aromatic rings. The van der Waals surface area contributed by atoms with Crippen LogP contribution >= 0.6 is 11.8 Å². The number of carbonyl (C=O) groups is 1. The number of aromatic nitrogens is 2. The molecule has 0 spiro atoms. The van der Waals surface area contributed by atoms with Crippen molar-refractivity contribution >= 4 is 17.7 Å². The van der Waals surface area contributed by atoms with Gasteiger partial charge in [-0.3, -0.25) is 24.4 Å². The fourth-order valence-corrected chi connectivity index (χ4v) is 8.33. The zero-order valence-corrected chi connectivity index (χ0v) is 23.8. The maximum absolute atomic E-state index is 13.3. The van der Waals surface area contributed by atoms with Crippen LogP contribution in [-0.2, 0) is 35.2 Å². The highest BCUT2D eigenvalue weighted by molar-refractivity contribution is 8.00. The SMILES string of the molecule is O=C(CN1CCn2c(cc(C(F)(F)F)cc2=O)C1)NC1CN(C2CCCOCC2)C[C@@H]1SC1CCc2cccnc21. The molecule has 1 aliphatic carbocycles. The minimum Gasteiger partial charge on any atom is -0.381 e. The van der Waals surface area contributed by atoms with Crippen LogP contribution in [0.1, 0.15) is 53.4 Å². The first kappa shape index (κ1) is 28.7. The van der Waals surface area contributed by atoms with Gasteiger partial charge in [-0.2, -0.15) is 13.2 Å². The van der Waals surface area contributed by atoms with E-state index in [1.54, 1.807) is 0 Å². The van der Waals surface area contributed by atoms with Crippen LogP contribution in [0, 0.1) is 0 Å². The number of amides is 1. The highest BCUT2D eigenvalue weighted by Gasteiger charge is 2.40. The van der Waals surface area contributed by atoms with Gasteiger partial charge in [-0.05, 0) is 49.8 Å². The quantitative estimate of drug-likeness (QED) is 0.553. The summed E-state index contributed by atoms with van der Waals surface area (Å²) in [5, 5.41) is 3.79. The molecule has 4 atom stereocenters. The molecular formula is C29H36F3N5O3S.